The summed E-state index contributed by atoms with van der Waals surface area (Å²) in [6.45, 7) is 7.09. The lowest BCUT2D eigenvalue weighted by atomic mass is 10.1. The van der Waals surface area contributed by atoms with Crippen molar-refractivity contribution in [3.05, 3.63) is 34.7 Å². The van der Waals surface area contributed by atoms with Crippen LogP contribution in [-0.4, -0.2) is 42.9 Å². The molecule has 1 aromatic carbocycles. The van der Waals surface area contributed by atoms with Gasteiger partial charge in [0, 0.05) is 24.7 Å². The topological polar surface area (TPSA) is 51.7 Å². The third-order valence-electron chi connectivity index (χ3n) is 4.11. The van der Waals surface area contributed by atoms with Crippen molar-refractivity contribution in [3.8, 4) is 0 Å². The minimum Gasteiger partial charge on any atom is -0.462 e. The third-order valence-corrected chi connectivity index (χ3v) is 4.40. The average molecular weight is 367 g/mol. The summed E-state index contributed by atoms with van der Waals surface area (Å²) in [6, 6.07) is 2.80. The number of hydrogen-bond donors (Lipinski definition) is 0. The van der Waals surface area contributed by atoms with Crippen molar-refractivity contribution in [2.75, 3.05) is 24.6 Å². The van der Waals surface area contributed by atoms with Crippen LogP contribution in [-0.2, 0) is 9.47 Å². The number of pyridine rings is 1. The van der Waals surface area contributed by atoms with Crippen LogP contribution in [0.3, 0.4) is 0 Å². The fraction of sp³-hybridized carbons (Fsp3) is 0.444. The van der Waals surface area contributed by atoms with E-state index < -0.39 is 11.8 Å². The van der Waals surface area contributed by atoms with Gasteiger partial charge in [0.2, 0.25) is 0 Å². The minimum absolute atomic E-state index is 0.00134. The van der Waals surface area contributed by atoms with Crippen LogP contribution in [0.25, 0.3) is 10.9 Å². The second-order valence-corrected chi connectivity index (χ2v) is 6.59. The van der Waals surface area contributed by atoms with E-state index in [0.29, 0.717) is 35.2 Å². The highest BCUT2D eigenvalue weighted by Crippen LogP contribution is 2.34. The Labute approximate surface area is 150 Å². The van der Waals surface area contributed by atoms with E-state index in [-0.39, 0.29) is 23.8 Å². The first kappa shape index (κ1) is 17.9. The molecule has 1 aromatic heterocycles. The second kappa shape index (κ2) is 7.14. The summed E-state index contributed by atoms with van der Waals surface area (Å²) in [6.07, 6.45) is 1.44. The predicted octanol–water partition coefficient (Wildman–Crippen LogP) is 3.82. The van der Waals surface area contributed by atoms with Crippen molar-refractivity contribution in [1.29, 1.82) is 0 Å². The Hall–Kier alpha value is -1.92. The number of halogens is 2. The van der Waals surface area contributed by atoms with E-state index in [0.717, 1.165) is 0 Å². The number of morpholine rings is 1. The van der Waals surface area contributed by atoms with Gasteiger partial charge in [0.05, 0.1) is 35.0 Å². The largest absolute Gasteiger partial charge is 0.462 e. The van der Waals surface area contributed by atoms with Gasteiger partial charge in [-0.15, -0.1) is 0 Å². The van der Waals surface area contributed by atoms with Crippen LogP contribution in [0.2, 0.25) is 5.02 Å². The molecule has 0 saturated carbocycles. The fourth-order valence-corrected chi connectivity index (χ4v) is 3.39. The van der Waals surface area contributed by atoms with Gasteiger partial charge >= 0.3 is 5.97 Å². The van der Waals surface area contributed by atoms with E-state index in [9.17, 15) is 9.18 Å². The van der Waals surface area contributed by atoms with Gasteiger partial charge in [0.25, 0.3) is 0 Å². The molecule has 0 unspecified atom stereocenters. The zero-order chi connectivity index (χ0) is 18.1. The first-order chi connectivity index (χ1) is 11.9. The Kier molecular flexibility index (Phi) is 5.11. The van der Waals surface area contributed by atoms with Gasteiger partial charge in [-0.05, 0) is 32.9 Å². The normalized spacial score (nSPS) is 20.8. The molecule has 0 radical (unpaired) electrons. The summed E-state index contributed by atoms with van der Waals surface area (Å²) in [5, 5.41) is 0.535. The Morgan fingerprint density at radius 2 is 2.08 bits per heavy atom. The molecule has 25 heavy (non-hydrogen) atoms. The van der Waals surface area contributed by atoms with Crippen LogP contribution >= 0.6 is 11.6 Å². The molecule has 2 aromatic rings. The molecule has 5 nitrogen and oxygen atoms in total. The molecular weight excluding hydrogens is 347 g/mol. The van der Waals surface area contributed by atoms with Gasteiger partial charge < -0.3 is 14.4 Å². The maximum Gasteiger partial charge on any atom is 0.341 e. The quantitative estimate of drug-likeness (QED) is 0.773. The number of anilines is 1. The number of nitrogens with zero attached hydrogens (tertiary/aromatic N) is 2. The number of esters is 1. The molecule has 0 aliphatic carbocycles. The average Bonchev–Trinajstić information content (AvgIpc) is 2.54. The number of carbonyl (C=O) groups excluding carboxylic acids is 1. The van der Waals surface area contributed by atoms with E-state index in [1.807, 2.05) is 18.7 Å². The number of fused-ring (bicyclic) bond motifs is 1. The van der Waals surface area contributed by atoms with Crippen molar-refractivity contribution in [3.63, 3.8) is 0 Å². The van der Waals surface area contributed by atoms with Crippen LogP contribution in [0.4, 0.5) is 10.1 Å². The van der Waals surface area contributed by atoms with Crippen LogP contribution in [0.15, 0.2) is 18.3 Å². The van der Waals surface area contributed by atoms with Crippen molar-refractivity contribution >= 4 is 34.2 Å². The van der Waals surface area contributed by atoms with Crippen LogP contribution < -0.4 is 4.90 Å². The van der Waals surface area contributed by atoms with Crippen molar-refractivity contribution in [2.24, 2.45) is 0 Å². The first-order valence-corrected chi connectivity index (χ1v) is 8.63. The molecule has 2 atom stereocenters. The van der Waals surface area contributed by atoms with E-state index in [2.05, 4.69) is 4.98 Å². The summed E-state index contributed by atoms with van der Waals surface area (Å²) >= 11 is 5.88. The predicted molar refractivity (Wildman–Crippen MR) is 94.9 cm³/mol. The molecule has 134 valence electrons. The summed E-state index contributed by atoms with van der Waals surface area (Å²) in [5.74, 6) is -1.03. The molecule has 0 N–H and O–H groups in total. The maximum absolute atomic E-state index is 14.1. The smallest absolute Gasteiger partial charge is 0.341 e. The van der Waals surface area contributed by atoms with Gasteiger partial charge in [-0.3, -0.25) is 4.98 Å². The van der Waals surface area contributed by atoms with Gasteiger partial charge in [0.1, 0.15) is 11.4 Å². The van der Waals surface area contributed by atoms with Gasteiger partial charge in [0.15, 0.2) is 0 Å². The standard InChI is InChI=1S/C18H20ClFN2O3/c1-4-24-18(23)13-7-21-16-6-14(19)15(20)5-12(16)17(13)22-8-10(2)25-11(3)9-22/h5-7,10-11H,4,8-9H2,1-3H3/t10-,11+. The molecule has 1 aliphatic rings. The molecule has 1 fully saturated rings. The first-order valence-electron chi connectivity index (χ1n) is 8.26. The summed E-state index contributed by atoms with van der Waals surface area (Å²) in [4.78, 5) is 18.7. The minimum atomic E-state index is -0.549. The highest BCUT2D eigenvalue weighted by Gasteiger charge is 2.28. The zero-order valence-electron chi connectivity index (χ0n) is 14.4. The molecule has 1 aliphatic heterocycles. The number of carbonyl (C=O) groups is 1. The lowest BCUT2D eigenvalue weighted by Gasteiger charge is -2.38. The SMILES string of the molecule is CCOC(=O)c1cnc2cc(Cl)c(F)cc2c1N1C[C@@H](C)O[C@@H](C)C1. The van der Waals surface area contributed by atoms with Gasteiger partial charge in [-0.25, -0.2) is 9.18 Å². The summed E-state index contributed by atoms with van der Waals surface area (Å²) in [5.41, 5.74) is 1.46. The molecule has 2 heterocycles. The van der Waals surface area contributed by atoms with Crippen molar-refractivity contribution < 1.29 is 18.7 Å². The highest BCUT2D eigenvalue weighted by atomic mass is 35.5. The molecule has 0 spiro atoms. The third kappa shape index (κ3) is 3.55. The van der Waals surface area contributed by atoms with E-state index in [4.69, 9.17) is 21.1 Å². The van der Waals surface area contributed by atoms with Gasteiger partial charge in [-0.1, -0.05) is 11.6 Å². The maximum atomic E-state index is 14.1. The van der Waals surface area contributed by atoms with E-state index in [1.54, 1.807) is 6.92 Å². The Bertz CT molecular complexity index is 804. The number of rotatable bonds is 3. The fourth-order valence-electron chi connectivity index (χ4n) is 3.23. The van der Waals surface area contributed by atoms with Crippen LogP contribution in [0.1, 0.15) is 31.1 Å². The molecular formula is C18H20ClFN2O3. The zero-order valence-corrected chi connectivity index (χ0v) is 15.1. The Balaban J connectivity index is 2.21. The Morgan fingerprint density at radius 3 is 2.72 bits per heavy atom. The molecule has 1 saturated heterocycles. The molecule has 7 heteroatoms. The highest BCUT2D eigenvalue weighted by molar-refractivity contribution is 6.31. The summed E-state index contributed by atoms with van der Waals surface area (Å²) in [7, 11) is 0. The number of hydrogen-bond acceptors (Lipinski definition) is 5. The molecule has 0 bridgehead atoms. The lowest BCUT2D eigenvalue weighted by molar-refractivity contribution is -0.00527. The summed E-state index contributed by atoms with van der Waals surface area (Å²) < 4.78 is 25.0. The number of aromatic nitrogens is 1. The van der Waals surface area contributed by atoms with Gasteiger partial charge in [-0.2, -0.15) is 0 Å². The number of benzene rings is 1. The molecule has 3 rings (SSSR count). The molecule has 0 amide bonds. The number of ether oxygens (including phenoxy) is 2. The van der Waals surface area contributed by atoms with Crippen LogP contribution in [0, 0.1) is 5.82 Å². The Morgan fingerprint density at radius 1 is 1.40 bits per heavy atom. The monoisotopic (exact) mass is 366 g/mol. The second-order valence-electron chi connectivity index (χ2n) is 6.19. The lowest BCUT2D eigenvalue weighted by Crippen LogP contribution is -2.46. The van der Waals surface area contributed by atoms with Crippen LogP contribution in [0.5, 0.6) is 0 Å². The van der Waals surface area contributed by atoms with E-state index >= 15 is 0 Å². The van der Waals surface area contributed by atoms with Crippen molar-refractivity contribution in [2.45, 2.75) is 33.0 Å². The van der Waals surface area contributed by atoms with Crippen molar-refractivity contribution in [1.82, 2.24) is 4.98 Å². The van der Waals surface area contributed by atoms with E-state index in [1.165, 1.54) is 18.3 Å².